The predicted molar refractivity (Wildman–Crippen MR) is 138 cm³/mol. The third-order valence-electron chi connectivity index (χ3n) is 5.46. The highest BCUT2D eigenvalue weighted by Gasteiger charge is 2.23. The summed E-state index contributed by atoms with van der Waals surface area (Å²) in [5.41, 5.74) is 0. The summed E-state index contributed by atoms with van der Waals surface area (Å²) < 4.78 is 0. The van der Waals surface area contributed by atoms with Crippen molar-refractivity contribution in [1.29, 1.82) is 0 Å². The Hall–Kier alpha value is -1.80. The van der Waals surface area contributed by atoms with Crippen molar-refractivity contribution in [3.8, 4) is 0 Å². The SMILES string of the molecule is CC(C)N[C@@H](CCC(=O)NCCCCNC(=O)CC[C@H](NC(C)C)C(=O)C(C)C)C(=O)C(C)C. The molecule has 4 N–H and O–H groups in total. The fourth-order valence-electron chi connectivity index (χ4n) is 3.66. The van der Waals surface area contributed by atoms with Gasteiger partial charge in [-0.2, -0.15) is 0 Å². The molecular weight excluding hydrogens is 432 g/mol. The van der Waals surface area contributed by atoms with Crippen LogP contribution in [-0.2, 0) is 19.2 Å². The second-order valence-corrected chi connectivity index (χ2v) is 10.3. The molecule has 0 unspecified atom stereocenters. The van der Waals surface area contributed by atoms with Gasteiger partial charge in [0.2, 0.25) is 11.8 Å². The van der Waals surface area contributed by atoms with Gasteiger partial charge in [-0.1, -0.05) is 55.4 Å². The van der Waals surface area contributed by atoms with E-state index in [2.05, 4.69) is 21.3 Å². The van der Waals surface area contributed by atoms with Crippen LogP contribution < -0.4 is 21.3 Å². The van der Waals surface area contributed by atoms with E-state index in [1.54, 1.807) is 0 Å². The Morgan fingerprint density at radius 3 is 1.15 bits per heavy atom. The van der Waals surface area contributed by atoms with Crippen molar-refractivity contribution in [1.82, 2.24) is 21.3 Å². The summed E-state index contributed by atoms with van der Waals surface area (Å²) in [5, 5.41) is 12.3. The van der Waals surface area contributed by atoms with Crippen LogP contribution in [0.1, 0.15) is 93.9 Å². The van der Waals surface area contributed by atoms with Crippen molar-refractivity contribution < 1.29 is 19.2 Å². The average molecular weight is 483 g/mol. The lowest BCUT2D eigenvalue weighted by atomic mass is 9.97. The van der Waals surface area contributed by atoms with Crippen molar-refractivity contribution in [2.45, 2.75) is 118 Å². The molecule has 0 aromatic heterocycles. The van der Waals surface area contributed by atoms with Crippen molar-refractivity contribution in [3.63, 3.8) is 0 Å². The Morgan fingerprint density at radius 2 is 0.882 bits per heavy atom. The minimum absolute atomic E-state index is 0.0605. The Labute approximate surface area is 207 Å². The molecule has 2 amide bonds. The highest BCUT2D eigenvalue weighted by Crippen LogP contribution is 2.08. The molecule has 8 nitrogen and oxygen atoms in total. The molecule has 0 aliphatic carbocycles. The van der Waals surface area contributed by atoms with Crippen LogP contribution in [0.4, 0.5) is 0 Å². The third kappa shape index (κ3) is 15.2. The number of ketones is 2. The van der Waals surface area contributed by atoms with Crippen LogP contribution in [0, 0.1) is 11.8 Å². The normalized spacial score (nSPS) is 13.4. The Balaban J connectivity index is 4.12. The molecule has 0 saturated heterocycles. The van der Waals surface area contributed by atoms with Crippen molar-refractivity contribution in [2.75, 3.05) is 13.1 Å². The molecule has 0 radical (unpaired) electrons. The van der Waals surface area contributed by atoms with Gasteiger partial charge < -0.3 is 21.3 Å². The first kappa shape index (κ1) is 32.2. The number of carbonyl (C=O) groups is 4. The van der Waals surface area contributed by atoms with Gasteiger partial charge in [0.05, 0.1) is 12.1 Å². The third-order valence-corrected chi connectivity index (χ3v) is 5.46. The number of hydrogen-bond acceptors (Lipinski definition) is 6. The summed E-state index contributed by atoms with van der Waals surface area (Å²) in [5.74, 6) is 0.0173. The summed E-state index contributed by atoms with van der Waals surface area (Å²) in [7, 11) is 0. The maximum atomic E-state index is 12.3. The molecule has 34 heavy (non-hydrogen) atoms. The zero-order valence-electron chi connectivity index (χ0n) is 22.8. The number of Topliss-reactive ketones (excluding diaryl/α,β-unsaturated/α-hetero) is 2. The standard InChI is InChI=1S/C26H50N4O4/c1-17(2)25(33)21(29-19(5)6)11-13-23(31)27-15-9-10-16-28-24(32)14-12-22(30-20(7)8)26(34)18(3)4/h17-22,29-30H,9-16H2,1-8H3,(H,27,31)(H,28,32)/t21-,22-/m0/s1. The van der Waals surface area contributed by atoms with Gasteiger partial charge in [0.1, 0.15) is 0 Å². The first-order valence-corrected chi connectivity index (χ1v) is 13.0. The number of amides is 2. The maximum Gasteiger partial charge on any atom is 0.220 e. The monoisotopic (exact) mass is 482 g/mol. The Morgan fingerprint density at radius 1 is 0.559 bits per heavy atom. The lowest BCUT2D eigenvalue weighted by Crippen LogP contribution is -2.43. The van der Waals surface area contributed by atoms with E-state index in [4.69, 9.17) is 0 Å². The number of carbonyl (C=O) groups excluding carboxylic acids is 4. The summed E-state index contributed by atoms with van der Waals surface area (Å²) in [6.45, 7) is 16.6. The zero-order chi connectivity index (χ0) is 26.3. The van der Waals surface area contributed by atoms with Gasteiger partial charge in [0, 0.05) is 49.9 Å². The molecule has 0 aromatic carbocycles. The molecule has 0 bridgehead atoms. The van der Waals surface area contributed by atoms with Crippen molar-refractivity contribution >= 4 is 23.4 Å². The number of unbranched alkanes of at least 4 members (excludes halogenated alkanes) is 1. The van der Waals surface area contributed by atoms with Crippen LogP contribution in [0.5, 0.6) is 0 Å². The largest absolute Gasteiger partial charge is 0.356 e. The molecule has 0 heterocycles. The number of nitrogens with one attached hydrogen (secondary N) is 4. The highest BCUT2D eigenvalue weighted by atomic mass is 16.2. The first-order chi connectivity index (χ1) is 15.8. The van der Waals surface area contributed by atoms with Crippen LogP contribution in [0.2, 0.25) is 0 Å². The second kappa shape index (κ2) is 17.6. The quantitative estimate of drug-likeness (QED) is 0.210. The van der Waals surface area contributed by atoms with Crippen molar-refractivity contribution in [3.05, 3.63) is 0 Å². The molecule has 198 valence electrons. The van der Waals surface area contributed by atoms with Gasteiger partial charge in [-0.05, 0) is 25.7 Å². The molecule has 0 rings (SSSR count). The van der Waals surface area contributed by atoms with Crippen LogP contribution in [-0.4, -0.2) is 60.6 Å². The van der Waals surface area contributed by atoms with Gasteiger partial charge >= 0.3 is 0 Å². The highest BCUT2D eigenvalue weighted by molar-refractivity contribution is 5.87. The fraction of sp³-hybridized carbons (Fsp3) is 0.846. The van der Waals surface area contributed by atoms with E-state index >= 15 is 0 Å². The molecule has 0 spiro atoms. The zero-order valence-corrected chi connectivity index (χ0v) is 22.8. The van der Waals surface area contributed by atoms with Gasteiger partial charge in [-0.25, -0.2) is 0 Å². The van der Waals surface area contributed by atoms with Gasteiger partial charge in [-0.15, -0.1) is 0 Å². The number of rotatable bonds is 19. The second-order valence-electron chi connectivity index (χ2n) is 10.3. The van der Waals surface area contributed by atoms with E-state index < -0.39 is 0 Å². The van der Waals surface area contributed by atoms with E-state index in [1.807, 2.05) is 55.4 Å². The summed E-state index contributed by atoms with van der Waals surface area (Å²) >= 11 is 0. The fourth-order valence-corrected chi connectivity index (χ4v) is 3.66. The van der Waals surface area contributed by atoms with Crippen LogP contribution in [0.15, 0.2) is 0 Å². The van der Waals surface area contributed by atoms with Crippen LogP contribution in [0.3, 0.4) is 0 Å². The average Bonchev–Trinajstić information content (AvgIpc) is 2.74. The van der Waals surface area contributed by atoms with Crippen LogP contribution >= 0.6 is 0 Å². The van der Waals surface area contributed by atoms with Gasteiger partial charge in [0.25, 0.3) is 0 Å². The molecule has 0 aromatic rings. The smallest absolute Gasteiger partial charge is 0.220 e. The summed E-state index contributed by atoms with van der Waals surface area (Å²) in [6, 6.07) is -0.239. The summed E-state index contributed by atoms with van der Waals surface area (Å²) in [4.78, 5) is 48.9. The maximum absolute atomic E-state index is 12.3. The van der Waals surface area contributed by atoms with E-state index in [0.29, 0.717) is 38.8 Å². The van der Waals surface area contributed by atoms with Crippen molar-refractivity contribution in [2.24, 2.45) is 11.8 Å². The molecule has 0 fully saturated rings. The molecule has 0 aliphatic rings. The van der Waals surface area contributed by atoms with Crippen LogP contribution in [0.25, 0.3) is 0 Å². The molecule has 0 saturated carbocycles. The van der Waals surface area contributed by atoms with E-state index in [0.717, 1.165) is 12.8 Å². The number of hydrogen-bond donors (Lipinski definition) is 4. The lowest BCUT2D eigenvalue weighted by Gasteiger charge is -2.22. The minimum atomic E-state index is -0.299. The summed E-state index contributed by atoms with van der Waals surface area (Å²) in [6.07, 6.45) is 3.11. The Bertz CT molecular complexity index is 578. The predicted octanol–water partition coefficient (Wildman–Crippen LogP) is 2.74. The molecule has 8 heteroatoms. The van der Waals surface area contributed by atoms with E-state index in [9.17, 15) is 19.2 Å². The van der Waals surface area contributed by atoms with E-state index in [1.165, 1.54) is 0 Å². The molecule has 0 aliphatic heterocycles. The first-order valence-electron chi connectivity index (χ1n) is 13.0. The van der Waals surface area contributed by atoms with E-state index in [-0.39, 0.29) is 59.4 Å². The lowest BCUT2D eigenvalue weighted by molar-refractivity contribution is -0.126. The molecule has 2 atom stereocenters. The molecular formula is C26H50N4O4. The Kier molecular flexibility index (Phi) is 16.7. The topological polar surface area (TPSA) is 116 Å². The van der Waals surface area contributed by atoms with Gasteiger partial charge in [-0.3, -0.25) is 19.2 Å². The minimum Gasteiger partial charge on any atom is -0.356 e. The van der Waals surface area contributed by atoms with Gasteiger partial charge in [0.15, 0.2) is 11.6 Å².